The minimum Gasteiger partial charge on any atom is -0.489 e. The lowest BCUT2D eigenvalue weighted by atomic mass is 9.85. The highest BCUT2D eigenvalue weighted by molar-refractivity contribution is 5.67. The highest BCUT2D eigenvalue weighted by Gasteiger charge is 2.20. The van der Waals surface area contributed by atoms with E-state index < -0.39 is 5.97 Å². The molecule has 4 heteroatoms. The fourth-order valence-corrected chi connectivity index (χ4v) is 4.69. The van der Waals surface area contributed by atoms with E-state index >= 15 is 0 Å². The second-order valence-electron chi connectivity index (χ2n) is 9.35. The normalized spacial score (nSPS) is 14.5. The predicted octanol–water partition coefficient (Wildman–Crippen LogP) is 6.04. The monoisotopic (exact) mass is 467 g/mol. The number of fused-ring (bicyclic) bond motifs is 1. The number of ether oxygens (including phenoxy) is 1. The van der Waals surface area contributed by atoms with Gasteiger partial charge in [0.1, 0.15) is 12.4 Å². The number of aliphatic carboxylic acids is 1. The number of carbonyl (C=O) groups is 1. The molecule has 3 aromatic rings. The van der Waals surface area contributed by atoms with E-state index in [1.807, 2.05) is 31.2 Å². The Kier molecular flexibility index (Phi) is 8.23. The number of hydrogen-bond acceptors (Lipinski definition) is 3. The summed E-state index contributed by atoms with van der Waals surface area (Å²) in [6, 6.07) is 25.2. The molecule has 3 aromatic carbocycles. The van der Waals surface area contributed by atoms with Gasteiger partial charge in [-0.25, -0.2) is 0 Å². The molecule has 0 saturated carbocycles. The van der Waals surface area contributed by atoms with Gasteiger partial charge < -0.3 is 9.84 Å². The summed E-state index contributed by atoms with van der Waals surface area (Å²) in [7, 11) is 0. The van der Waals surface area contributed by atoms with Crippen LogP contribution in [0.3, 0.4) is 0 Å². The molecule has 1 N–H and O–H groups in total. The molecule has 1 unspecified atom stereocenters. The van der Waals surface area contributed by atoms with Gasteiger partial charge in [-0.15, -0.1) is 5.92 Å². The van der Waals surface area contributed by atoms with E-state index in [-0.39, 0.29) is 18.3 Å². The van der Waals surface area contributed by atoms with Crippen LogP contribution in [0.4, 0.5) is 0 Å². The lowest BCUT2D eigenvalue weighted by Crippen LogP contribution is -2.19. The summed E-state index contributed by atoms with van der Waals surface area (Å²) in [5.41, 5.74) is 6.41. The van der Waals surface area contributed by atoms with Crippen LogP contribution in [0, 0.1) is 17.8 Å². The number of carboxylic acid groups (broad SMARTS) is 1. The molecule has 4 nitrogen and oxygen atoms in total. The van der Waals surface area contributed by atoms with Crippen molar-refractivity contribution in [3.05, 3.63) is 101 Å². The highest BCUT2D eigenvalue weighted by atomic mass is 16.5. The van der Waals surface area contributed by atoms with Crippen LogP contribution in [0.1, 0.15) is 54.0 Å². The van der Waals surface area contributed by atoms with Crippen molar-refractivity contribution in [2.24, 2.45) is 5.92 Å². The lowest BCUT2D eigenvalue weighted by molar-refractivity contribution is -0.138. The summed E-state index contributed by atoms with van der Waals surface area (Å²) in [5, 5.41) is 9.13. The van der Waals surface area contributed by atoms with Crippen molar-refractivity contribution in [1.82, 2.24) is 4.90 Å². The highest BCUT2D eigenvalue weighted by Crippen LogP contribution is 2.28. The average Bonchev–Trinajstić information content (AvgIpc) is 3.28. The largest absolute Gasteiger partial charge is 0.489 e. The van der Waals surface area contributed by atoms with Gasteiger partial charge >= 0.3 is 5.97 Å². The molecule has 4 rings (SSSR count). The molecule has 1 heterocycles. The number of carboxylic acids is 1. The predicted molar refractivity (Wildman–Crippen MR) is 139 cm³/mol. The molecule has 1 aliphatic rings. The Labute approximate surface area is 208 Å². The Morgan fingerprint density at radius 2 is 1.60 bits per heavy atom. The molecule has 0 aliphatic carbocycles. The topological polar surface area (TPSA) is 49.8 Å². The third-order valence-corrected chi connectivity index (χ3v) is 6.66. The quantitative estimate of drug-likeness (QED) is 0.369. The molecule has 1 aliphatic heterocycles. The zero-order valence-corrected chi connectivity index (χ0v) is 20.5. The minimum absolute atomic E-state index is 0.0639. The molecule has 0 amide bonds. The van der Waals surface area contributed by atoms with Crippen molar-refractivity contribution in [1.29, 1.82) is 0 Å². The first-order chi connectivity index (χ1) is 17.0. The Morgan fingerprint density at radius 1 is 0.971 bits per heavy atom. The molecule has 35 heavy (non-hydrogen) atoms. The summed E-state index contributed by atoms with van der Waals surface area (Å²) in [6.07, 6.45) is 1.14. The van der Waals surface area contributed by atoms with E-state index in [9.17, 15) is 4.79 Å². The SMILES string of the molecule is CC#C[C@H](c1ccc(OCc2ccc(CCN3Cc4ccccc4C3)cc2)cc1)C(C)CC(=O)O. The molecule has 0 bridgehead atoms. The Morgan fingerprint density at radius 3 is 2.20 bits per heavy atom. The van der Waals surface area contributed by atoms with Crippen LogP contribution < -0.4 is 4.74 Å². The Bertz CT molecular complexity index is 1160. The molecular weight excluding hydrogens is 434 g/mol. The van der Waals surface area contributed by atoms with Crippen LogP contribution in [0.15, 0.2) is 72.8 Å². The van der Waals surface area contributed by atoms with Crippen LogP contribution >= 0.6 is 0 Å². The van der Waals surface area contributed by atoms with Gasteiger partial charge in [-0.1, -0.05) is 73.5 Å². The third-order valence-electron chi connectivity index (χ3n) is 6.66. The van der Waals surface area contributed by atoms with Gasteiger partial charge in [-0.3, -0.25) is 9.69 Å². The van der Waals surface area contributed by atoms with Crippen LogP contribution in [-0.2, 0) is 30.9 Å². The first kappa shape index (κ1) is 24.6. The van der Waals surface area contributed by atoms with E-state index in [1.165, 1.54) is 16.7 Å². The van der Waals surface area contributed by atoms with Crippen molar-refractivity contribution in [3.8, 4) is 17.6 Å². The maximum Gasteiger partial charge on any atom is 0.303 e. The standard InChI is InChI=1S/C31H33NO3/c1-3-6-30(23(2)19-31(33)34)26-13-15-29(16-14-26)35-22-25-11-9-24(10-12-25)17-18-32-20-27-7-4-5-8-28(27)21-32/h4-5,7-16,23,30H,17-22H2,1-2H3,(H,33,34)/t23?,30-/m0/s1. The van der Waals surface area contributed by atoms with Gasteiger partial charge in [0.15, 0.2) is 0 Å². The molecule has 180 valence electrons. The van der Waals surface area contributed by atoms with E-state index in [0.29, 0.717) is 6.61 Å². The van der Waals surface area contributed by atoms with E-state index in [0.717, 1.165) is 42.9 Å². The lowest BCUT2D eigenvalue weighted by Gasteiger charge is -2.18. The van der Waals surface area contributed by atoms with Gasteiger partial charge in [0.25, 0.3) is 0 Å². The number of benzene rings is 3. The van der Waals surface area contributed by atoms with Gasteiger partial charge in [-0.05, 0) is 59.2 Å². The van der Waals surface area contributed by atoms with Crippen LogP contribution in [0.2, 0.25) is 0 Å². The Balaban J connectivity index is 1.26. The van der Waals surface area contributed by atoms with Crippen molar-refractivity contribution in [2.75, 3.05) is 6.54 Å². The zero-order chi connectivity index (χ0) is 24.6. The van der Waals surface area contributed by atoms with Gasteiger partial charge in [0.05, 0.1) is 0 Å². The van der Waals surface area contributed by atoms with Gasteiger partial charge in [-0.2, -0.15) is 0 Å². The maximum absolute atomic E-state index is 11.1. The van der Waals surface area contributed by atoms with Crippen LogP contribution in [-0.4, -0.2) is 22.5 Å². The first-order valence-corrected chi connectivity index (χ1v) is 12.3. The number of nitrogens with zero attached hydrogens (tertiary/aromatic N) is 1. The summed E-state index contributed by atoms with van der Waals surface area (Å²) in [4.78, 5) is 13.6. The summed E-state index contributed by atoms with van der Waals surface area (Å²) in [6.45, 7) is 7.38. The zero-order valence-electron chi connectivity index (χ0n) is 20.5. The second-order valence-corrected chi connectivity index (χ2v) is 9.35. The number of rotatable bonds is 10. The van der Waals surface area contributed by atoms with Crippen LogP contribution in [0.5, 0.6) is 5.75 Å². The van der Waals surface area contributed by atoms with Gasteiger partial charge in [0.2, 0.25) is 0 Å². The molecule has 2 atom stereocenters. The second kappa shape index (κ2) is 11.7. The molecule has 0 saturated heterocycles. The van der Waals surface area contributed by atoms with Crippen LogP contribution in [0.25, 0.3) is 0 Å². The first-order valence-electron chi connectivity index (χ1n) is 12.3. The number of hydrogen-bond donors (Lipinski definition) is 1. The van der Waals surface area contributed by atoms with Crippen molar-refractivity contribution in [2.45, 2.75) is 52.3 Å². The maximum atomic E-state index is 11.1. The van der Waals surface area contributed by atoms with Gasteiger partial charge in [0, 0.05) is 32.0 Å². The average molecular weight is 468 g/mol. The minimum atomic E-state index is -0.798. The molecule has 0 radical (unpaired) electrons. The smallest absolute Gasteiger partial charge is 0.303 e. The van der Waals surface area contributed by atoms with E-state index in [2.05, 4.69) is 65.3 Å². The fraction of sp³-hybridized carbons (Fsp3) is 0.323. The van der Waals surface area contributed by atoms with E-state index in [4.69, 9.17) is 9.84 Å². The fourth-order valence-electron chi connectivity index (χ4n) is 4.69. The molecule has 0 spiro atoms. The Hall–Kier alpha value is -3.55. The van der Waals surface area contributed by atoms with Crippen molar-refractivity contribution < 1.29 is 14.6 Å². The summed E-state index contributed by atoms with van der Waals surface area (Å²) < 4.78 is 5.99. The summed E-state index contributed by atoms with van der Waals surface area (Å²) in [5.74, 6) is 5.93. The molecule has 0 fully saturated rings. The summed E-state index contributed by atoms with van der Waals surface area (Å²) >= 11 is 0. The van der Waals surface area contributed by atoms with Crippen molar-refractivity contribution in [3.63, 3.8) is 0 Å². The third kappa shape index (κ3) is 6.74. The van der Waals surface area contributed by atoms with E-state index in [1.54, 1.807) is 6.92 Å². The van der Waals surface area contributed by atoms with Crippen molar-refractivity contribution >= 4 is 5.97 Å². The molecular formula is C31H33NO3. The molecule has 0 aromatic heterocycles.